The van der Waals surface area contributed by atoms with Crippen LogP contribution in [0.25, 0.3) is 6.08 Å². The van der Waals surface area contributed by atoms with E-state index in [9.17, 15) is 0 Å². The molecule has 1 nitrogen and oxygen atoms in total. The molecule has 0 spiro atoms. The molecule has 0 fully saturated rings. The molecule has 0 radical (unpaired) electrons. The second-order valence-corrected chi connectivity index (χ2v) is 37.2. The monoisotopic (exact) mass is 446 g/mol. The first kappa shape index (κ1) is 21.1. The zero-order chi connectivity index (χ0) is 15.1. The van der Waals surface area contributed by atoms with Gasteiger partial charge >= 0.3 is 130 Å². The maximum atomic E-state index is 9.16. The Hall–Kier alpha value is 0.0800. The molecule has 1 N–H and O–H groups in total. The average Bonchev–Trinajstić information content (AvgIpc) is 3.05. The van der Waals surface area contributed by atoms with Gasteiger partial charge in [-0.05, 0) is 0 Å². The third kappa shape index (κ3) is 3.85. The molecular formula is C18H26Cl2OSiZr. The Morgan fingerprint density at radius 1 is 1.22 bits per heavy atom. The van der Waals surface area contributed by atoms with Crippen LogP contribution in [0.5, 0.6) is 0 Å². The quantitative estimate of drug-likeness (QED) is 0.671. The van der Waals surface area contributed by atoms with E-state index >= 15 is 0 Å². The van der Waals surface area contributed by atoms with Crippen LogP contribution >= 0.6 is 24.8 Å². The van der Waals surface area contributed by atoms with Gasteiger partial charge in [0.05, 0.1) is 0 Å². The Morgan fingerprint density at radius 2 is 1.91 bits per heavy atom. The Bertz CT molecular complexity index is 743. The Balaban J connectivity index is 0.00000132. The number of fused-ring (bicyclic) bond motifs is 1. The Kier molecular flexibility index (Phi) is 6.92. The SMILES string of the molecule is Cl.Cl.[CH3][Zr]([CH3])(=[SiH2])([C]1=CC(CCO)=CC1)[CH]1C=Cc2ccccc21. The number of benzene rings is 1. The Morgan fingerprint density at radius 3 is 2.61 bits per heavy atom. The van der Waals surface area contributed by atoms with Crippen LogP contribution in [0, 0.1) is 0 Å². The van der Waals surface area contributed by atoms with Crippen LogP contribution in [0.2, 0.25) is 9.26 Å². The van der Waals surface area contributed by atoms with E-state index in [1.54, 1.807) is 3.28 Å². The molecule has 0 aromatic heterocycles. The molecule has 0 amide bonds. The van der Waals surface area contributed by atoms with Crippen molar-refractivity contribution < 1.29 is 22.5 Å². The zero-order valence-corrected chi connectivity index (χ0v) is 19.3. The fourth-order valence-electron chi connectivity index (χ4n) is 3.71. The second kappa shape index (κ2) is 7.54. The van der Waals surface area contributed by atoms with Crippen molar-refractivity contribution in [1.29, 1.82) is 0 Å². The van der Waals surface area contributed by atoms with E-state index in [0.29, 0.717) is 3.63 Å². The van der Waals surface area contributed by atoms with Crippen LogP contribution in [-0.4, -0.2) is 18.6 Å². The normalized spacial score (nSPS) is 19.4. The minimum absolute atomic E-state index is 0. The van der Waals surface area contributed by atoms with Crippen molar-refractivity contribution in [3.63, 3.8) is 0 Å². The van der Waals surface area contributed by atoms with E-state index in [1.807, 2.05) is 0 Å². The predicted octanol–water partition coefficient (Wildman–Crippen LogP) is 4.53. The second-order valence-electron chi connectivity index (χ2n) is 7.40. The van der Waals surface area contributed by atoms with E-state index in [4.69, 9.17) is 5.11 Å². The number of aliphatic hydroxyl groups is 1. The van der Waals surface area contributed by atoms with Gasteiger partial charge in [-0.3, -0.25) is 0 Å². The summed E-state index contributed by atoms with van der Waals surface area (Å²) in [5.74, 6) is 0. The molecule has 0 aliphatic heterocycles. The van der Waals surface area contributed by atoms with E-state index in [-0.39, 0.29) is 31.4 Å². The van der Waals surface area contributed by atoms with Gasteiger partial charge in [0.15, 0.2) is 0 Å². The summed E-state index contributed by atoms with van der Waals surface area (Å²) in [5.41, 5.74) is 4.26. The van der Waals surface area contributed by atoms with Crippen LogP contribution < -0.4 is 0 Å². The number of halogens is 2. The van der Waals surface area contributed by atoms with E-state index in [1.165, 1.54) is 16.7 Å². The molecule has 0 saturated carbocycles. The van der Waals surface area contributed by atoms with Gasteiger partial charge in [0.2, 0.25) is 0 Å². The summed E-state index contributed by atoms with van der Waals surface area (Å²) >= 11 is -2.99. The number of rotatable bonds is 4. The molecule has 1 aromatic rings. The van der Waals surface area contributed by atoms with Gasteiger partial charge in [0.25, 0.3) is 0 Å². The van der Waals surface area contributed by atoms with Crippen molar-refractivity contribution in [2.24, 2.45) is 0 Å². The molecule has 1 atom stereocenters. The molecule has 5 heteroatoms. The van der Waals surface area contributed by atoms with Crippen molar-refractivity contribution in [2.75, 3.05) is 6.61 Å². The van der Waals surface area contributed by atoms with Crippen molar-refractivity contribution in [3.8, 4) is 0 Å². The average molecular weight is 449 g/mol. The molecule has 23 heavy (non-hydrogen) atoms. The molecule has 2 aliphatic carbocycles. The molecule has 1 aromatic carbocycles. The molecule has 3 rings (SSSR count). The summed E-state index contributed by atoms with van der Waals surface area (Å²) in [6, 6.07) is 8.85. The fourth-order valence-corrected chi connectivity index (χ4v) is 16.6. The number of aliphatic hydroxyl groups excluding tert-OH is 1. The molecule has 2 aliphatic rings. The standard InChI is InChI=1S/C9H7.C7H9O.2CH3.2ClH.H2Si.Zr/c1-2-5-9-7-3-6-8(9)4-1;8-6-5-7-3-1-2-4-7;;;;;;/h1-7H;3-4,8H,1,5-6H2;2*1H3;2*1H;1H2;. The van der Waals surface area contributed by atoms with Gasteiger partial charge in [-0.1, -0.05) is 0 Å². The molecule has 0 heterocycles. The zero-order valence-electron chi connectivity index (χ0n) is 13.8. The summed E-state index contributed by atoms with van der Waals surface area (Å²) in [7, 11) is 0. The molecule has 0 saturated heterocycles. The van der Waals surface area contributed by atoms with Crippen LogP contribution in [0.4, 0.5) is 0 Å². The molecule has 1 unspecified atom stereocenters. The van der Waals surface area contributed by atoms with Crippen LogP contribution in [0.1, 0.15) is 27.6 Å². The third-order valence-corrected chi connectivity index (χ3v) is 22.7. The van der Waals surface area contributed by atoms with Gasteiger partial charge < -0.3 is 0 Å². The fraction of sp³-hybridized carbons (Fsp3) is 0.333. The molecular weight excluding hydrogens is 422 g/mol. The maximum absolute atomic E-state index is 9.16. The van der Waals surface area contributed by atoms with Crippen LogP contribution in [-0.2, 0) is 17.4 Å². The van der Waals surface area contributed by atoms with Gasteiger partial charge in [-0.2, -0.15) is 0 Å². The molecule has 126 valence electrons. The minimum atomic E-state index is -2.99. The topological polar surface area (TPSA) is 20.2 Å². The van der Waals surface area contributed by atoms with Gasteiger partial charge in [-0.15, -0.1) is 24.8 Å². The predicted molar refractivity (Wildman–Crippen MR) is 105 cm³/mol. The van der Waals surface area contributed by atoms with Gasteiger partial charge in [-0.25, -0.2) is 0 Å². The number of allylic oxidation sites excluding steroid dienone is 4. The first-order valence-electron chi connectivity index (χ1n) is 7.76. The van der Waals surface area contributed by atoms with Crippen LogP contribution in [0.3, 0.4) is 0 Å². The third-order valence-electron chi connectivity index (χ3n) is 5.20. The summed E-state index contributed by atoms with van der Waals surface area (Å²) in [6.45, 7) is 2.57. The number of hydrogen-bond donors (Lipinski definition) is 1. The molecule has 0 bridgehead atoms. The van der Waals surface area contributed by atoms with E-state index < -0.39 is 17.4 Å². The van der Waals surface area contributed by atoms with E-state index in [0.717, 1.165) is 12.8 Å². The van der Waals surface area contributed by atoms with Crippen molar-refractivity contribution >= 4 is 37.8 Å². The van der Waals surface area contributed by atoms with Gasteiger partial charge in [0, 0.05) is 0 Å². The number of hydrogen-bond acceptors (Lipinski definition) is 1. The summed E-state index contributed by atoms with van der Waals surface area (Å²) in [6.07, 6.45) is 11.4. The Labute approximate surface area is 154 Å². The first-order chi connectivity index (χ1) is 9.91. The van der Waals surface area contributed by atoms with Crippen molar-refractivity contribution in [1.82, 2.24) is 0 Å². The summed E-state index contributed by atoms with van der Waals surface area (Å²) < 4.78 is 7.47. The van der Waals surface area contributed by atoms with E-state index in [2.05, 4.69) is 64.7 Å². The van der Waals surface area contributed by atoms with Gasteiger partial charge in [0.1, 0.15) is 0 Å². The summed E-state index contributed by atoms with van der Waals surface area (Å²) in [4.78, 5) is 0. The van der Waals surface area contributed by atoms with Crippen molar-refractivity contribution in [2.45, 2.75) is 25.7 Å². The van der Waals surface area contributed by atoms with Crippen LogP contribution in [0.15, 0.2) is 51.3 Å². The first-order valence-corrected chi connectivity index (χ1v) is 21.2. The van der Waals surface area contributed by atoms with Crippen molar-refractivity contribution in [3.05, 3.63) is 62.5 Å². The summed E-state index contributed by atoms with van der Waals surface area (Å²) in [5, 5.41) is 9.16.